The third kappa shape index (κ3) is 4.79. The van der Waals surface area contributed by atoms with Gasteiger partial charge in [0.1, 0.15) is 0 Å². The van der Waals surface area contributed by atoms with Gasteiger partial charge in [-0.25, -0.2) is 0 Å². The van der Waals surface area contributed by atoms with Gasteiger partial charge < -0.3 is 10.6 Å². The van der Waals surface area contributed by atoms with E-state index < -0.39 is 0 Å². The summed E-state index contributed by atoms with van der Waals surface area (Å²) in [5, 5.41) is 0. The fourth-order valence-corrected chi connectivity index (χ4v) is 2.39. The molecule has 0 aromatic heterocycles. The number of aryl methyl sites for hydroxylation is 1. The van der Waals surface area contributed by atoms with Crippen LogP contribution in [0, 0.1) is 6.92 Å². The third-order valence-corrected chi connectivity index (χ3v) is 3.39. The van der Waals surface area contributed by atoms with Gasteiger partial charge in [0.15, 0.2) is 0 Å². The normalized spacial score (nSPS) is 12.9. The van der Waals surface area contributed by atoms with Crippen LogP contribution >= 0.6 is 0 Å². The highest BCUT2D eigenvalue weighted by molar-refractivity contribution is 5.25. The maximum Gasteiger partial charge on any atom is 0.00888 e. The van der Waals surface area contributed by atoms with Crippen LogP contribution in [0.3, 0.4) is 0 Å². The zero-order chi connectivity index (χ0) is 13.4. The van der Waals surface area contributed by atoms with Gasteiger partial charge in [0, 0.05) is 19.0 Å². The summed E-state index contributed by atoms with van der Waals surface area (Å²) in [4.78, 5) is 2.54. The Morgan fingerprint density at radius 2 is 1.61 bits per heavy atom. The predicted octanol–water partition coefficient (Wildman–Crippen LogP) is 3.16. The van der Waals surface area contributed by atoms with Crippen LogP contribution in [0.2, 0.25) is 0 Å². The van der Waals surface area contributed by atoms with Gasteiger partial charge >= 0.3 is 0 Å². The molecule has 0 heterocycles. The first-order valence-corrected chi connectivity index (χ1v) is 7.20. The van der Waals surface area contributed by atoms with Gasteiger partial charge in [0.25, 0.3) is 0 Å². The van der Waals surface area contributed by atoms with Crippen molar-refractivity contribution in [3.63, 3.8) is 0 Å². The number of hydrogen-bond acceptors (Lipinski definition) is 2. The summed E-state index contributed by atoms with van der Waals surface area (Å²) in [5.74, 6) is 0.462. The van der Waals surface area contributed by atoms with Crippen molar-refractivity contribution in [1.29, 1.82) is 0 Å². The second-order valence-corrected chi connectivity index (χ2v) is 5.14. The van der Waals surface area contributed by atoms with Crippen LogP contribution in [0.15, 0.2) is 24.3 Å². The van der Waals surface area contributed by atoms with Crippen molar-refractivity contribution in [2.75, 3.05) is 26.2 Å². The van der Waals surface area contributed by atoms with E-state index in [1.807, 2.05) is 0 Å². The van der Waals surface area contributed by atoms with Crippen LogP contribution in [0.5, 0.6) is 0 Å². The van der Waals surface area contributed by atoms with Crippen molar-refractivity contribution in [2.45, 2.75) is 39.5 Å². The van der Waals surface area contributed by atoms with Gasteiger partial charge in [0.05, 0.1) is 0 Å². The SMILES string of the molecule is CCCN(CCC)CC(CN)c1ccc(C)cc1. The van der Waals surface area contributed by atoms with Gasteiger partial charge in [-0.15, -0.1) is 0 Å². The summed E-state index contributed by atoms with van der Waals surface area (Å²) >= 11 is 0. The summed E-state index contributed by atoms with van der Waals surface area (Å²) in [7, 11) is 0. The first-order chi connectivity index (χ1) is 8.71. The average Bonchev–Trinajstić information content (AvgIpc) is 2.37. The minimum atomic E-state index is 0.462. The average molecular weight is 248 g/mol. The summed E-state index contributed by atoms with van der Waals surface area (Å²) in [6.45, 7) is 10.8. The van der Waals surface area contributed by atoms with Gasteiger partial charge in [-0.05, 0) is 38.4 Å². The standard InChI is InChI=1S/C16H28N2/c1-4-10-18(11-5-2)13-16(12-17)15-8-6-14(3)7-9-15/h6-9,16H,4-5,10-13,17H2,1-3H3. The van der Waals surface area contributed by atoms with Crippen LogP contribution in [0.4, 0.5) is 0 Å². The molecule has 0 spiro atoms. The molecular weight excluding hydrogens is 220 g/mol. The van der Waals surface area contributed by atoms with E-state index >= 15 is 0 Å². The van der Waals surface area contributed by atoms with Crippen molar-refractivity contribution in [3.05, 3.63) is 35.4 Å². The van der Waals surface area contributed by atoms with Crippen LogP contribution in [-0.2, 0) is 0 Å². The number of benzene rings is 1. The lowest BCUT2D eigenvalue weighted by atomic mass is 9.97. The molecule has 2 nitrogen and oxygen atoms in total. The Balaban J connectivity index is 2.67. The van der Waals surface area contributed by atoms with Crippen molar-refractivity contribution in [1.82, 2.24) is 4.90 Å². The maximum atomic E-state index is 5.96. The largest absolute Gasteiger partial charge is 0.330 e. The molecule has 0 radical (unpaired) electrons. The van der Waals surface area contributed by atoms with E-state index in [-0.39, 0.29) is 0 Å². The van der Waals surface area contributed by atoms with Crippen molar-refractivity contribution >= 4 is 0 Å². The second kappa shape index (κ2) is 8.28. The smallest absolute Gasteiger partial charge is 0.00888 e. The summed E-state index contributed by atoms with van der Waals surface area (Å²) in [6, 6.07) is 8.82. The molecule has 1 aromatic carbocycles. The van der Waals surface area contributed by atoms with Crippen LogP contribution in [0.1, 0.15) is 43.7 Å². The third-order valence-electron chi connectivity index (χ3n) is 3.39. The number of rotatable bonds is 8. The Morgan fingerprint density at radius 1 is 1.06 bits per heavy atom. The fourth-order valence-electron chi connectivity index (χ4n) is 2.39. The van der Waals surface area contributed by atoms with E-state index in [4.69, 9.17) is 5.73 Å². The van der Waals surface area contributed by atoms with E-state index in [0.717, 1.165) is 13.1 Å². The molecular formula is C16H28N2. The Kier molecular flexibility index (Phi) is 6.99. The monoisotopic (exact) mass is 248 g/mol. The Bertz CT molecular complexity index is 312. The van der Waals surface area contributed by atoms with Crippen molar-refractivity contribution in [2.24, 2.45) is 5.73 Å². The van der Waals surface area contributed by atoms with Crippen molar-refractivity contribution < 1.29 is 0 Å². The second-order valence-electron chi connectivity index (χ2n) is 5.14. The van der Waals surface area contributed by atoms with Crippen LogP contribution in [0.25, 0.3) is 0 Å². The van der Waals surface area contributed by atoms with Crippen molar-refractivity contribution in [3.8, 4) is 0 Å². The molecule has 102 valence electrons. The lowest BCUT2D eigenvalue weighted by molar-refractivity contribution is 0.258. The molecule has 1 atom stereocenters. The van der Waals surface area contributed by atoms with E-state index in [2.05, 4.69) is 49.9 Å². The molecule has 2 N–H and O–H groups in total. The first kappa shape index (κ1) is 15.2. The Hall–Kier alpha value is -0.860. The highest BCUT2D eigenvalue weighted by Gasteiger charge is 2.13. The summed E-state index contributed by atoms with van der Waals surface area (Å²) in [5.41, 5.74) is 8.65. The fraction of sp³-hybridized carbons (Fsp3) is 0.625. The molecule has 0 aliphatic carbocycles. The molecule has 18 heavy (non-hydrogen) atoms. The van der Waals surface area contributed by atoms with E-state index in [1.54, 1.807) is 0 Å². The summed E-state index contributed by atoms with van der Waals surface area (Å²) in [6.07, 6.45) is 2.43. The molecule has 0 fully saturated rings. The topological polar surface area (TPSA) is 29.3 Å². The molecule has 1 rings (SSSR count). The number of nitrogens with two attached hydrogens (primary N) is 1. The number of nitrogens with zero attached hydrogens (tertiary/aromatic N) is 1. The van der Waals surface area contributed by atoms with Crippen LogP contribution < -0.4 is 5.73 Å². The highest BCUT2D eigenvalue weighted by Crippen LogP contribution is 2.17. The van der Waals surface area contributed by atoms with Crippen LogP contribution in [-0.4, -0.2) is 31.1 Å². The van der Waals surface area contributed by atoms with E-state index in [1.165, 1.54) is 37.1 Å². The minimum Gasteiger partial charge on any atom is -0.330 e. The Morgan fingerprint density at radius 3 is 2.06 bits per heavy atom. The molecule has 0 saturated carbocycles. The molecule has 1 aromatic rings. The maximum absolute atomic E-state index is 5.96. The highest BCUT2D eigenvalue weighted by atomic mass is 15.1. The first-order valence-electron chi connectivity index (χ1n) is 7.20. The van der Waals surface area contributed by atoms with Gasteiger partial charge in [-0.1, -0.05) is 43.7 Å². The molecule has 0 aliphatic heterocycles. The Labute approximate surface area is 112 Å². The molecule has 1 unspecified atom stereocenters. The lowest BCUT2D eigenvalue weighted by Crippen LogP contribution is -2.33. The molecule has 0 aliphatic rings. The molecule has 0 amide bonds. The van der Waals surface area contributed by atoms with Gasteiger partial charge in [-0.3, -0.25) is 0 Å². The quantitative estimate of drug-likeness (QED) is 0.765. The van der Waals surface area contributed by atoms with Gasteiger partial charge in [0.2, 0.25) is 0 Å². The van der Waals surface area contributed by atoms with E-state index in [9.17, 15) is 0 Å². The summed E-state index contributed by atoms with van der Waals surface area (Å²) < 4.78 is 0. The molecule has 0 saturated heterocycles. The zero-order valence-corrected chi connectivity index (χ0v) is 12.2. The number of hydrogen-bond donors (Lipinski definition) is 1. The molecule has 0 bridgehead atoms. The predicted molar refractivity (Wildman–Crippen MR) is 80.0 cm³/mol. The minimum absolute atomic E-state index is 0.462. The van der Waals surface area contributed by atoms with E-state index in [0.29, 0.717) is 5.92 Å². The zero-order valence-electron chi connectivity index (χ0n) is 12.2. The van der Waals surface area contributed by atoms with Gasteiger partial charge in [-0.2, -0.15) is 0 Å². The molecule has 2 heteroatoms. The lowest BCUT2D eigenvalue weighted by Gasteiger charge is -2.26.